The smallest absolute Gasteiger partial charge is 0.122 e. The predicted octanol–water partition coefficient (Wildman–Crippen LogP) is 2.00. The quantitative estimate of drug-likeness (QED) is 0.865. The van der Waals surface area contributed by atoms with Crippen LogP contribution in [0.15, 0.2) is 18.2 Å². The second-order valence-corrected chi connectivity index (χ2v) is 4.87. The average Bonchev–Trinajstić information content (AvgIpc) is 2.83. The third-order valence-corrected chi connectivity index (χ3v) is 3.47. The number of methoxy groups -OCH3 is 1. The summed E-state index contributed by atoms with van der Waals surface area (Å²) >= 11 is 5.96. The fraction of sp³-hybridized carbons (Fsp3) is 0.538. The van der Waals surface area contributed by atoms with Crippen molar-refractivity contribution in [2.45, 2.75) is 31.4 Å². The van der Waals surface area contributed by atoms with Crippen molar-refractivity contribution < 1.29 is 9.84 Å². The zero-order valence-corrected chi connectivity index (χ0v) is 10.7. The Morgan fingerprint density at radius 3 is 3.06 bits per heavy atom. The number of ether oxygens (including phenoxy) is 1. The molecule has 4 heteroatoms. The third-order valence-electron chi connectivity index (χ3n) is 3.23. The zero-order valence-electron chi connectivity index (χ0n) is 9.95. The van der Waals surface area contributed by atoms with Gasteiger partial charge in [0.25, 0.3) is 0 Å². The molecular formula is C13H18ClNO2. The molecule has 1 aliphatic heterocycles. The lowest BCUT2D eigenvalue weighted by Gasteiger charge is -2.19. The van der Waals surface area contributed by atoms with Gasteiger partial charge in [0.2, 0.25) is 0 Å². The lowest BCUT2D eigenvalue weighted by molar-refractivity contribution is 0.135. The van der Waals surface area contributed by atoms with E-state index in [2.05, 4.69) is 5.32 Å². The van der Waals surface area contributed by atoms with Crippen LogP contribution in [0.2, 0.25) is 5.02 Å². The van der Waals surface area contributed by atoms with Crippen molar-refractivity contribution in [3.8, 4) is 5.75 Å². The molecule has 1 heterocycles. The van der Waals surface area contributed by atoms with Crippen LogP contribution in [0.25, 0.3) is 0 Å². The highest BCUT2D eigenvalue weighted by Crippen LogP contribution is 2.25. The van der Waals surface area contributed by atoms with Crippen molar-refractivity contribution in [3.05, 3.63) is 28.8 Å². The highest BCUT2D eigenvalue weighted by atomic mass is 35.5. The van der Waals surface area contributed by atoms with Gasteiger partial charge in [-0.1, -0.05) is 11.6 Å². The Balaban J connectivity index is 2.08. The summed E-state index contributed by atoms with van der Waals surface area (Å²) in [6, 6.07) is 5.69. The fourth-order valence-electron chi connectivity index (χ4n) is 2.31. The van der Waals surface area contributed by atoms with Crippen LogP contribution in [0.5, 0.6) is 5.75 Å². The van der Waals surface area contributed by atoms with Crippen molar-refractivity contribution in [2.24, 2.45) is 0 Å². The van der Waals surface area contributed by atoms with Crippen molar-refractivity contribution in [3.63, 3.8) is 0 Å². The molecule has 1 aliphatic rings. The Labute approximate surface area is 107 Å². The molecule has 0 spiro atoms. The molecule has 2 N–H and O–H groups in total. The SMILES string of the molecule is COc1ccc(Cl)cc1CC(O)C1CCCN1. The highest BCUT2D eigenvalue weighted by molar-refractivity contribution is 6.30. The number of hydrogen-bond donors (Lipinski definition) is 2. The van der Waals surface area contributed by atoms with Gasteiger partial charge in [-0.3, -0.25) is 0 Å². The van der Waals surface area contributed by atoms with Crippen LogP contribution in [0.1, 0.15) is 18.4 Å². The van der Waals surface area contributed by atoms with Crippen LogP contribution < -0.4 is 10.1 Å². The Bertz CT molecular complexity index is 378. The molecule has 2 rings (SSSR count). The molecule has 0 saturated carbocycles. The summed E-state index contributed by atoms with van der Waals surface area (Å²) in [6.45, 7) is 0.994. The Hall–Kier alpha value is -0.770. The number of nitrogens with one attached hydrogen (secondary N) is 1. The van der Waals surface area contributed by atoms with Crippen LogP contribution in [0, 0.1) is 0 Å². The molecular weight excluding hydrogens is 238 g/mol. The molecule has 1 fully saturated rings. The molecule has 17 heavy (non-hydrogen) atoms. The van der Waals surface area contributed by atoms with E-state index in [1.165, 1.54) is 0 Å². The summed E-state index contributed by atoms with van der Waals surface area (Å²) in [7, 11) is 1.63. The van der Waals surface area contributed by atoms with Gasteiger partial charge >= 0.3 is 0 Å². The molecule has 1 saturated heterocycles. The number of aliphatic hydroxyl groups excluding tert-OH is 1. The first-order valence-electron chi connectivity index (χ1n) is 5.94. The highest BCUT2D eigenvalue weighted by Gasteiger charge is 2.23. The van der Waals surface area contributed by atoms with E-state index in [1.54, 1.807) is 13.2 Å². The third kappa shape index (κ3) is 3.12. The minimum atomic E-state index is -0.384. The van der Waals surface area contributed by atoms with E-state index >= 15 is 0 Å². The first kappa shape index (κ1) is 12.7. The molecule has 94 valence electrons. The van der Waals surface area contributed by atoms with Gasteiger partial charge in [-0.05, 0) is 43.1 Å². The lowest BCUT2D eigenvalue weighted by Crippen LogP contribution is -2.36. The monoisotopic (exact) mass is 255 g/mol. The minimum Gasteiger partial charge on any atom is -0.496 e. The van der Waals surface area contributed by atoms with Crippen LogP contribution in [-0.2, 0) is 6.42 Å². The second kappa shape index (κ2) is 5.71. The molecule has 3 nitrogen and oxygen atoms in total. The number of hydrogen-bond acceptors (Lipinski definition) is 3. The summed E-state index contributed by atoms with van der Waals surface area (Å²) in [6.07, 6.45) is 2.35. The number of halogens is 1. The Morgan fingerprint density at radius 2 is 2.41 bits per heavy atom. The maximum Gasteiger partial charge on any atom is 0.122 e. The molecule has 0 amide bonds. The first-order chi connectivity index (χ1) is 8.20. The van der Waals surface area contributed by atoms with Gasteiger partial charge in [-0.2, -0.15) is 0 Å². The van der Waals surface area contributed by atoms with E-state index in [-0.39, 0.29) is 12.1 Å². The molecule has 1 aromatic rings. The zero-order chi connectivity index (χ0) is 12.3. The van der Waals surface area contributed by atoms with Gasteiger partial charge in [0.05, 0.1) is 13.2 Å². The van der Waals surface area contributed by atoms with Crippen LogP contribution >= 0.6 is 11.6 Å². The minimum absolute atomic E-state index is 0.193. The summed E-state index contributed by atoms with van der Waals surface area (Å²) in [5, 5.41) is 14.1. The summed E-state index contributed by atoms with van der Waals surface area (Å²) in [4.78, 5) is 0. The maximum absolute atomic E-state index is 10.2. The Morgan fingerprint density at radius 1 is 1.59 bits per heavy atom. The molecule has 2 atom stereocenters. The molecule has 0 aliphatic carbocycles. The number of aliphatic hydroxyl groups is 1. The van der Waals surface area contributed by atoms with Crippen molar-refractivity contribution in [1.29, 1.82) is 0 Å². The van der Waals surface area contributed by atoms with Crippen LogP contribution in [0.4, 0.5) is 0 Å². The molecule has 2 unspecified atom stereocenters. The average molecular weight is 256 g/mol. The Kier molecular flexibility index (Phi) is 4.26. The first-order valence-corrected chi connectivity index (χ1v) is 6.32. The van der Waals surface area contributed by atoms with Gasteiger partial charge in [0.15, 0.2) is 0 Å². The molecule has 1 aromatic carbocycles. The topological polar surface area (TPSA) is 41.5 Å². The predicted molar refractivity (Wildman–Crippen MR) is 68.7 cm³/mol. The molecule has 0 aromatic heterocycles. The van der Waals surface area contributed by atoms with E-state index in [9.17, 15) is 5.11 Å². The standard InChI is InChI=1S/C13H18ClNO2/c1-17-13-5-4-10(14)7-9(13)8-12(16)11-3-2-6-15-11/h4-5,7,11-12,15-16H,2-3,6,8H2,1H3. The van der Waals surface area contributed by atoms with E-state index in [4.69, 9.17) is 16.3 Å². The van der Waals surface area contributed by atoms with E-state index in [0.29, 0.717) is 11.4 Å². The van der Waals surface area contributed by atoms with Crippen molar-refractivity contribution >= 4 is 11.6 Å². The molecule has 0 radical (unpaired) electrons. The van der Waals surface area contributed by atoms with Gasteiger partial charge in [-0.25, -0.2) is 0 Å². The normalized spacial score (nSPS) is 21.5. The van der Waals surface area contributed by atoms with Gasteiger partial charge in [0.1, 0.15) is 5.75 Å². The summed E-state index contributed by atoms with van der Waals surface area (Å²) < 4.78 is 5.27. The summed E-state index contributed by atoms with van der Waals surface area (Å²) in [5.41, 5.74) is 0.959. The largest absolute Gasteiger partial charge is 0.496 e. The summed E-state index contributed by atoms with van der Waals surface area (Å²) in [5.74, 6) is 0.784. The van der Waals surface area contributed by atoms with Gasteiger partial charge < -0.3 is 15.2 Å². The van der Waals surface area contributed by atoms with E-state index in [0.717, 1.165) is 30.7 Å². The number of benzene rings is 1. The van der Waals surface area contributed by atoms with E-state index in [1.807, 2.05) is 12.1 Å². The molecule has 0 bridgehead atoms. The van der Waals surface area contributed by atoms with Crippen LogP contribution in [0.3, 0.4) is 0 Å². The lowest BCUT2D eigenvalue weighted by atomic mass is 10.0. The van der Waals surface area contributed by atoms with E-state index < -0.39 is 0 Å². The maximum atomic E-state index is 10.2. The van der Waals surface area contributed by atoms with Crippen molar-refractivity contribution in [1.82, 2.24) is 5.32 Å². The number of rotatable bonds is 4. The second-order valence-electron chi connectivity index (χ2n) is 4.43. The van der Waals surface area contributed by atoms with Crippen molar-refractivity contribution in [2.75, 3.05) is 13.7 Å². The fourth-order valence-corrected chi connectivity index (χ4v) is 2.51. The van der Waals surface area contributed by atoms with Gasteiger partial charge in [0, 0.05) is 17.5 Å². The van der Waals surface area contributed by atoms with Crippen LogP contribution in [-0.4, -0.2) is 30.9 Å². The van der Waals surface area contributed by atoms with Gasteiger partial charge in [-0.15, -0.1) is 0 Å².